The summed E-state index contributed by atoms with van der Waals surface area (Å²) in [5.41, 5.74) is 10.8. The number of aromatic nitrogens is 3. The Hall–Kier alpha value is -6.49. The second-order valence-corrected chi connectivity index (χ2v) is 14.2. The van der Waals surface area contributed by atoms with Crippen LogP contribution in [0.15, 0.2) is 164 Å². The maximum atomic E-state index is 4.99. The molecule has 0 spiro atoms. The summed E-state index contributed by atoms with van der Waals surface area (Å²) in [6.45, 7) is 0. The fourth-order valence-electron chi connectivity index (χ4n) is 7.97. The van der Waals surface area contributed by atoms with Gasteiger partial charge < -0.3 is 0 Å². The Morgan fingerprint density at radius 3 is 1.63 bits per heavy atom. The van der Waals surface area contributed by atoms with E-state index in [1.807, 2.05) is 72.0 Å². The first-order valence-corrected chi connectivity index (χ1v) is 18.0. The van der Waals surface area contributed by atoms with Crippen molar-refractivity contribution in [2.45, 2.75) is 0 Å². The van der Waals surface area contributed by atoms with E-state index in [1.165, 1.54) is 69.7 Å². The maximum Gasteiger partial charge on any atom is 0.164 e. The summed E-state index contributed by atoms with van der Waals surface area (Å²) in [6, 6.07) is 58.3. The minimum absolute atomic E-state index is 0.658. The quantitative estimate of drug-likeness (QED) is 0.188. The Labute approximate surface area is 298 Å². The fourth-order valence-corrected chi connectivity index (χ4v) is 9.27. The van der Waals surface area contributed by atoms with E-state index in [0.29, 0.717) is 17.5 Å². The lowest BCUT2D eigenvalue weighted by atomic mass is 9.93. The largest absolute Gasteiger partial charge is 0.208 e. The zero-order valence-electron chi connectivity index (χ0n) is 27.3. The smallest absolute Gasteiger partial charge is 0.164 e. The Morgan fingerprint density at radius 1 is 0.353 bits per heavy atom. The van der Waals surface area contributed by atoms with E-state index < -0.39 is 0 Å². The molecule has 2 aromatic heterocycles. The van der Waals surface area contributed by atoms with Crippen molar-refractivity contribution in [2.24, 2.45) is 0 Å². The third kappa shape index (κ3) is 4.33. The van der Waals surface area contributed by atoms with Crippen LogP contribution in [0.25, 0.3) is 109 Å². The molecule has 51 heavy (non-hydrogen) atoms. The van der Waals surface area contributed by atoms with Crippen LogP contribution in [0.3, 0.4) is 0 Å². The first-order valence-electron chi connectivity index (χ1n) is 17.2. The number of hydrogen-bond donors (Lipinski definition) is 0. The van der Waals surface area contributed by atoms with Gasteiger partial charge in [-0.05, 0) is 61.5 Å². The molecule has 3 nitrogen and oxygen atoms in total. The Kier molecular flexibility index (Phi) is 6.12. The molecular weight excluding hydrogens is 639 g/mol. The van der Waals surface area contributed by atoms with E-state index in [4.69, 9.17) is 15.0 Å². The lowest BCUT2D eigenvalue weighted by Gasteiger charge is -2.12. The standard InChI is InChI=1S/C47H27N3S/c1-3-11-29(12-4-1)45-48-46(30-13-5-2-6-14-30)50-47(49-45)32-23-24-33-31(27-32)17-9-18-34(33)35-20-10-22-40-42(35)39-26-25-37-36-19-7-15-28-16-8-21-38(41(28)36)43(37)44(39)51-40/h1-27H. The molecule has 0 saturated heterocycles. The highest BCUT2D eigenvalue weighted by Gasteiger charge is 2.25. The second kappa shape index (κ2) is 11.0. The van der Waals surface area contributed by atoms with Crippen LogP contribution in [0.2, 0.25) is 0 Å². The highest BCUT2D eigenvalue weighted by molar-refractivity contribution is 7.26. The second-order valence-electron chi connectivity index (χ2n) is 13.1. The predicted octanol–water partition coefficient (Wildman–Crippen LogP) is 12.9. The van der Waals surface area contributed by atoms with Crippen LogP contribution in [0.4, 0.5) is 0 Å². The first-order chi connectivity index (χ1) is 25.3. The molecule has 0 unspecified atom stereocenters. The molecule has 0 bridgehead atoms. The van der Waals surface area contributed by atoms with Crippen molar-refractivity contribution in [3.63, 3.8) is 0 Å². The van der Waals surface area contributed by atoms with Crippen LogP contribution in [0.5, 0.6) is 0 Å². The molecule has 0 radical (unpaired) electrons. The van der Waals surface area contributed by atoms with Gasteiger partial charge in [-0.25, -0.2) is 15.0 Å². The third-order valence-corrected chi connectivity index (χ3v) is 11.4. The summed E-state index contributed by atoms with van der Waals surface area (Å²) in [7, 11) is 0. The zero-order chi connectivity index (χ0) is 33.5. The van der Waals surface area contributed by atoms with Crippen molar-refractivity contribution < 1.29 is 0 Å². The van der Waals surface area contributed by atoms with Gasteiger partial charge in [-0.3, -0.25) is 0 Å². The molecule has 8 aromatic carbocycles. The van der Waals surface area contributed by atoms with Gasteiger partial charge in [0, 0.05) is 42.4 Å². The predicted molar refractivity (Wildman–Crippen MR) is 214 cm³/mol. The highest BCUT2D eigenvalue weighted by atomic mass is 32.1. The van der Waals surface area contributed by atoms with Crippen molar-refractivity contribution >= 4 is 53.1 Å². The zero-order valence-corrected chi connectivity index (χ0v) is 28.2. The molecule has 2 heterocycles. The molecule has 0 N–H and O–H groups in total. The van der Waals surface area contributed by atoms with Gasteiger partial charge in [0.15, 0.2) is 17.5 Å². The van der Waals surface area contributed by atoms with E-state index in [1.54, 1.807) is 0 Å². The first kappa shape index (κ1) is 28.4. The van der Waals surface area contributed by atoms with Crippen LogP contribution in [-0.4, -0.2) is 15.0 Å². The molecule has 10 aromatic rings. The molecule has 1 aliphatic carbocycles. The number of thiophene rings is 1. The van der Waals surface area contributed by atoms with Gasteiger partial charge in [-0.2, -0.15) is 0 Å². The minimum Gasteiger partial charge on any atom is -0.208 e. The van der Waals surface area contributed by atoms with Crippen LogP contribution in [-0.2, 0) is 0 Å². The van der Waals surface area contributed by atoms with Crippen LogP contribution in [0.1, 0.15) is 0 Å². The molecular formula is C47H27N3S. The topological polar surface area (TPSA) is 38.7 Å². The summed E-state index contributed by atoms with van der Waals surface area (Å²) in [5, 5.41) is 7.65. The van der Waals surface area contributed by atoms with E-state index in [0.717, 1.165) is 22.1 Å². The summed E-state index contributed by atoms with van der Waals surface area (Å²) in [6.07, 6.45) is 0. The number of fused-ring (bicyclic) bond motifs is 8. The van der Waals surface area contributed by atoms with Gasteiger partial charge in [-0.15, -0.1) is 11.3 Å². The van der Waals surface area contributed by atoms with Gasteiger partial charge in [0.2, 0.25) is 0 Å². The number of nitrogens with zero attached hydrogens (tertiary/aromatic N) is 3. The molecule has 0 atom stereocenters. The van der Waals surface area contributed by atoms with Crippen molar-refractivity contribution in [2.75, 3.05) is 0 Å². The third-order valence-electron chi connectivity index (χ3n) is 10.3. The summed E-state index contributed by atoms with van der Waals surface area (Å²) in [5.74, 6) is 1.98. The molecule has 0 fully saturated rings. The lowest BCUT2D eigenvalue weighted by molar-refractivity contribution is 1.07. The Balaban J connectivity index is 1.08. The maximum absolute atomic E-state index is 4.99. The number of rotatable bonds is 4. The monoisotopic (exact) mass is 665 g/mol. The minimum atomic E-state index is 0.658. The Morgan fingerprint density at radius 2 is 0.922 bits per heavy atom. The van der Waals surface area contributed by atoms with E-state index >= 15 is 0 Å². The molecule has 0 saturated carbocycles. The van der Waals surface area contributed by atoms with Gasteiger partial charge in [0.25, 0.3) is 0 Å². The van der Waals surface area contributed by atoms with Gasteiger partial charge in [0.05, 0.1) is 0 Å². The van der Waals surface area contributed by atoms with Crippen molar-refractivity contribution in [3.8, 4) is 67.5 Å². The van der Waals surface area contributed by atoms with E-state index in [2.05, 4.69) is 103 Å². The van der Waals surface area contributed by atoms with Crippen molar-refractivity contribution in [1.29, 1.82) is 0 Å². The molecule has 0 amide bonds. The Bertz CT molecular complexity index is 2960. The molecule has 0 aliphatic heterocycles. The van der Waals surface area contributed by atoms with E-state index in [9.17, 15) is 0 Å². The van der Waals surface area contributed by atoms with E-state index in [-0.39, 0.29) is 0 Å². The van der Waals surface area contributed by atoms with Crippen LogP contribution < -0.4 is 0 Å². The molecule has 1 aliphatic rings. The average Bonchev–Trinajstić information content (AvgIpc) is 3.75. The van der Waals surface area contributed by atoms with Gasteiger partial charge >= 0.3 is 0 Å². The average molecular weight is 666 g/mol. The SMILES string of the molecule is c1ccc(-c2nc(-c3ccccc3)nc(-c3ccc4c(-c5cccc6sc7c8c(ccc7c56)-c5cccc6cccc-8c56)cccc4c3)n2)cc1. The lowest BCUT2D eigenvalue weighted by Crippen LogP contribution is -2.00. The summed E-state index contributed by atoms with van der Waals surface area (Å²) in [4.78, 5) is 14.9. The summed E-state index contributed by atoms with van der Waals surface area (Å²) < 4.78 is 2.67. The fraction of sp³-hybridized carbons (Fsp3) is 0. The van der Waals surface area contributed by atoms with Crippen molar-refractivity contribution in [3.05, 3.63) is 164 Å². The van der Waals surface area contributed by atoms with Crippen molar-refractivity contribution in [1.82, 2.24) is 15.0 Å². The number of hydrogen-bond acceptors (Lipinski definition) is 4. The van der Waals surface area contributed by atoms with Crippen LogP contribution >= 0.6 is 11.3 Å². The van der Waals surface area contributed by atoms with Gasteiger partial charge in [-0.1, -0.05) is 152 Å². The van der Waals surface area contributed by atoms with Gasteiger partial charge in [0.1, 0.15) is 0 Å². The highest BCUT2D eigenvalue weighted by Crippen LogP contribution is 2.54. The van der Waals surface area contributed by atoms with Crippen LogP contribution in [0, 0.1) is 0 Å². The molecule has 4 heteroatoms. The molecule has 11 rings (SSSR count). The number of benzene rings is 8. The normalized spacial score (nSPS) is 11.9. The molecule has 236 valence electrons. The summed E-state index contributed by atoms with van der Waals surface area (Å²) >= 11 is 1.91.